The second-order valence-electron chi connectivity index (χ2n) is 9.79. The fraction of sp³-hybridized carbons (Fsp3) is 0.889. The third-order valence-electron chi connectivity index (χ3n) is 6.98. The Labute approximate surface area is 203 Å². The molecule has 0 aliphatic rings. The van der Waals surface area contributed by atoms with Crippen molar-refractivity contribution in [3.8, 4) is 0 Å². The first-order valence-corrected chi connectivity index (χ1v) is 14.1. The van der Waals surface area contributed by atoms with Gasteiger partial charge in [0.1, 0.15) is 5.69 Å². The highest BCUT2D eigenvalue weighted by Crippen LogP contribution is 2.20. The Balaban J connectivity index is 2.47. The molecule has 33 heavy (non-hydrogen) atoms. The van der Waals surface area contributed by atoms with Gasteiger partial charge in [0.25, 0.3) is 5.56 Å². The number of aromatic nitrogens is 3. The van der Waals surface area contributed by atoms with E-state index in [-0.39, 0.29) is 5.56 Å². The summed E-state index contributed by atoms with van der Waals surface area (Å²) in [5.41, 5.74) is 0.353. The number of anilines is 2. The summed E-state index contributed by atoms with van der Waals surface area (Å²) in [5, 5.41) is 17.3. The molecule has 0 amide bonds. The van der Waals surface area contributed by atoms with Crippen LogP contribution in [0.25, 0.3) is 0 Å². The van der Waals surface area contributed by atoms with Crippen LogP contribution in [-0.4, -0.2) is 28.5 Å². The lowest BCUT2D eigenvalue weighted by Crippen LogP contribution is -2.25. The molecular weight excluding hydrogens is 410 g/mol. The van der Waals surface area contributed by atoms with Crippen molar-refractivity contribution in [2.45, 2.75) is 130 Å². The molecule has 0 spiro atoms. The first-order chi connectivity index (χ1) is 16.2. The third-order valence-corrected chi connectivity index (χ3v) is 6.98. The third kappa shape index (κ3) is 13.6. The Bertz CT molecular complexity index is 633. The standard InChI is InChI=1S/C27H53N5O/c1-5-9-11-13-15-17-19-23(7-3)21-28-25-26(30-32-31-27(25)33)29-22-24(8-4)20-18-16-14-12-10-6-2/h23-24H,5-22H2,1-4H3,(H,28,32)(H2,29,30,31,33). The highest BCUT2D eigenvalue weighted by molar-refractivity contribution is 5.61. The van der Waals surface area contributed by atoms with Crippen LogP contribution in [0.15, 0.2) is 4.79 Å². The number of hydrogen-bond donors (Lipinski definition) is 3. The minimum atomic E-state index is -0.189. The van der Waals surface area contributed by atoms with Gasteiger partial charge in [0, 0.05) is 13.1 Å². The molecule has 0 aromatic carbocycles. The summed E-state index contributed by atoms with van der Waals surface area (Å²) in [7, 11) is 0. The topological polar surface area (TPSA) is 82.7 Å². The molecule has 0 aliphatic heterocycles. The Morgan fingerprint density at radius 1 is 0.697 bits per heavy atom. The van der Waals surface area contributed by atoms with Crippen LogP contribution in [0.4, 0.5) is 11.5 Å². The van der Waals surface area contributed by atoms with E-state index in [4.69, 9.17) is 0 Å². The molecule has 0 radical (unpaired) electrons. The fourth-order valence-electron chi connectivity index (χ4n) is 4.44. The monoisotopic (exact) mass is 463 g/mol. The van der Waals surface area contributed by atoms with Crippen LogP contribution in [-0.2, 0) is 0 Å². The summed E-state index contributed by atoms with van der Waals surface area (Å²) < 4.78 is 0. The zero-order valence-corrected chi connectivity index (χ0v) is 22.2. The van der Waals surface area contributed by atoms with E-state index < -0.39 is 0 Å². The van der Waals surface area contributed by atoms with Gasteiger partial charge in [-0.25, -0.2) is 5.10 Å². The average molecular weight is 464 g/mol. The van der Waals surface area contributed by atoms with Crippen LogP contribution in [0, 0.1) is 11.8 Å². The Hall–Kier alpha value is -1.59. The van der Waals surface area contributed by atoms with Gasteiger partial charge in [-0.05, 0) is 24.7 Å². The molecule has 1 rings (SSSR count). The largest absolute Gasteiger partial charge is 0.377 e. The molecule has 192 valence electrons. The molecule has 1 heterocycles. The first-order valence-electron chi connectivity index (χ1n) is 14.1. The van der Waals surface area contributed by atoms with E-state index in [1.807, 2.05) is 0 Å². The number of hydrogen-bond acceptors (Lipinski definition) is 5. The number of unbranched alkanes of at least 4 members (excludes halogenated alkanes) is 10. The van der Waals surface area contributed by atoms with Crippen molar-refractivity contribution in [3.63, 3.8) is 0 Å². The Kier molecular flexibility index (Phi) is 17.7. The van der Waals surface area contributed by atoms with E-state index in [9.17, 15) is 4.79 Å². The van der Waals surface area contributed by atoms with Gasteiger partial charge in [0.15, 0.2) is 5.82 Å². The summed E-state index contributed by atoms with van der Waals surface area (Å²) in [6.07, 6.45) is 20.6. The molecule has 0 aliphatic carbocycles. The first kappa shape index (κ1) is 29.4. The summed E-state index contributed by atoms with van der Waals surface area (Å²) in [5.74, 6) is 1.77. The fourth-order valence-corrected chi connectivity index (χ4v) is 4.44. The van der Waals surface area contributed by atoms with Gasteiger partial charge >= 0.3 is 0 Å². The quantitative estimate of drug-likeness (QED) is 0.155. The molecular formula is C27H53N5O. The number of nitrogens with one attached hydrogen (secondary N) is 3. The van der Waals surface area contributed by atoms with Gasteiger partial charge in [-0.2, -0.15) is 0 Å². The molecule has 2 atom stereocenters. The zero-order chi connectivity index (χ0) is 24.2. The molecule has 1 aromatic heterocycles. The molecule has 3 N–H and O–H groups in total. The van der Waals surface area contributed by atoms with Crippen molar-refractivity contribution in [2.24, 2.45) is 11.8 Å². The lowest BCUT2D eigenvalue weighted by molar-refractivity contribution is 0.454. The van der Waals surface area contributed by atoms with Crippen LogP contribution in [0.1, 0.15) is 130 Å². The average Bonchev–Trinajstić information content (AvgIpc) is 2.83. The maximum absolute atomic E-state index is 12.5. The van der Waals surface area contributed by atoms with Gasteiger partial charge < -0.3 is 10.6 Å². The van der Waals surface area contributed by atoms with Crippen LogP contribution >= 0.6 is 0 Å². The van der Waals surface area contributed by atoms with E-state index in [1.54, 1.807) is 0 Å². The van der Waals surface area contributed by atoms with Crippen LogP contribution in [0.5, 0.6) is 0 Å². The predicted octanol–water partition coefficient (Wildman–Crippen LogP) is 7.54. The minimum Gasteiger partial charge on any atom is -0.377 e. The van der Waals surface area contributed by atoms with E-state index in [0.29, 0.717) is 23.3 Å². The van der Waals surface area contributed by atoms with E-state index in [0.717, 1.165) is 25.9 Å². The second-order valence-corrected chi connectivity index (χ2v) is 9.79. The summed E-state index contributed by atoms with van der Waals surface area (Å²) in [6, 6.07) is 0. The normalized spacial score (nSPS) is 13.1. The summed E-state index contributed by atoms with van der Waals surface area (Å²) >= 11 is 0. The van der Waals surface area contributed by atoms with Gasteiger partial charge in [0.05, 0.1) is 0 Å². The molecule has 1 aromatic rings. The van der Waals surface area contributed by atoms with Crippen LogP contribution < -0.4 is 16.2 Å². The lowest BCUT2D eigenvalue weighted by Gasteiger charge is -2.19. The molecule has 0 saturated carbocycles. The molecule has 6 heteroatoms. The smallest absolute Gasteiger partial charge is 0.292 e. The summed E-state index contributed by atoms with van der Waals surface area (Å²) in [6.45, 7) is 10.7. The SMILES string of the molecule is CCCCCCCCC(CC)CNc1nn[nH]c(=O)c1NCC(CC)CCCCCCCC. The van der Waals surface area contributed by atoms with Gasteiger partial charge in [-0.1, -0.05) is 123 Å². The van der Waals surface area contributed by atoms with Crippen molar-refractivity contribution in [1.82, 2.24) is 15.4 Å². The van der Waals surface area contributed by atoms with Crippen LogP contribution in [0.2, 0.25) is 0 Å². The Morgan fingerprint density at radius 2 is 1.18 bits per heavy atom. The van der Waals surface area contributed by atoms with Crippen molar-refractivity contribution < 1.29 is 0 Å². The highest BCUT2D eigenvalue weighted by atomic mass is 16.1. The molecule has 0 fully saturated rings. The second kappa shape index (κ2) is 19.8. The number of nitrogens with zero attached hydrogens (tertiary/aromatic N) is 2. The number of aromatic amines is 1. The van der Waals surface area contributed by atoms with Crippen molar-refractivity contribution >= 4 is 11.5 Å². The zero-order valence-electron chi connectivity index (χ0n) is 22.2. The molecule has 2 unspecified atom stereocenters. The van der Waals surface area contributed by atoms with E-state index in [1.165, 1.54) is 89.9 Å². The van der Waals surface area contributed by atoms with Gasteiger partial charge in [-0.15, -0.1) is 5.10 Å². The van der Waals surface area contributed by atoms with Gasteiger partial charge in [-0.3, -0.25) is 4.79 Å². The van der Waals surface area contributed by atoms with E-state index >= 15 is 0 Å². The van der Waals surface area contributed by atoms with Crippen molar-refractivity contribution in [3.05, 3.63) is 10.4 Å². The number of H-pyrrole nitrogens is 1. The molecule has 0 bridgehead atoms. The maximum Gasteiger partial charge on any atom is 0.292 e. The molecule has 0 saturated heterocycles. The van der Waals surface area contributed by atoms with E-state index in [2.05, 4.69) is 53.7 Å². The highest BCUT2D eigenvalue weighted by Gasteiger charge is 2.14. The van der Waals surface area contributed by atoms with Gasteiger partial charge in [0.2, 0.25) is 0 Å². The predicted molar refractivity (Wildman–Crippen MR) is 143 cm³/mol. The van der Waals surface area contributed by atoms with Crippen LogP contribution in [0.3, 0.4) is 0 Å². The minimum absolute atomic E-state index is 0.189. The van der Waals surface area contributed by atoms with Crippen molar-refractivity contribution in [2.75, 3.05) is 23.7 Å². The molecule has 6 nitrogen and oxygen atoms in total. The maximum atomic E-state index is 12.5. The number of rotatable bonds is 22. The lowest BCUT2D eigenvalue weighted by atomic mass is 9.97. The summed E-state index contributed by atoms with van der Waals surface area (Å²) in [4.78, 5) is 12.5. The van der Waals surface area contributed by atoms with Crippen molar-refractivity contribution in [1.29, 1.82) is 0 Å². The Morgan fingerprint density at radius 3 is 1.70 bits per heavy atom.